The number of methoxy groups -OCH3 is 1. The molecule has 0 radical (unpaired) electrons. The first kappa shape index (κ1) is 25.2. The number of nitrogens with zero attached hydrogens (tertiary/aromatic N) is 3. The van der Waals surface area contributed by atoms with Gasteiger partial charge in [0.1, 0.15) is 0 Å². The van der Waals surface area contributed by atoms with E-state index in [1.54, 1.807) is 26.3 Å². The molecule has 1 aliphatic heterocycles. The molecule has 0 bridgehead atoms. The SMILES string of the molecule is CN=C(NCc1ccc(OC)c(OC2CCCC2)c1)N1CCN(C(=O)c2ccco2)CC1.I. The molecule has 2 aliphatic rings. The molecular weight excluding hydrogens is 535 g/mol. The number of carbonyl (C=O) groups excluding carboxylic acids is 1. The summed E-state index contributed by atoms with van der Waals surface area (Å²) >= 11 is 0. The van der Waals surface area contributed by atoms with E-state index in [4.69, 9.17) is 13.9 Å². The average molecular weight is 568 g/mol. The number of hydrogen-bond acceptors (Lipinski definition) is 5. The molecule has 1 N–H and O–H groups in total. The molecule has 33 heavy (non-hydrogen) atoms. The van der Waals surface area contributed by atoms with Gasteiger partial charge in [0.25, 0.3) is 5.91 Å². The Balaban J connectivity index is 0.00000306. The summed E-state index contributed by atoms with van der Waals surface area (Å²) in [6, 6.07) is 9.49. The predicted octanol–water partition coefficient (Wildman–Crippen LogP) is 3.76. The highest BCUT2D eigenvalue weighted by Crippen LogP contribution is 2.32. The van der Waals surface area contributed by atoms with Gasteiger partial charge in [-0.2, -0.15) is 0 Å². The Kier molecular flexibility index (Phi) is 9.28. The van der Waals surface area contributed by atoms with Crippen LogP contribution in [0.3, 0.4) is 0 Å². The molecule has 8 nitrogen and oxygen atoms in total. The van der Waals surface area contributed by atoms with Gasteiger partial charge in [-0.25, -0.2) is 0 Å². The highest BCUT2D eigenvalue weighted by molar-refractivity contribution is 14.0. The number of guanidine groups is 1. The van der Waals surface area contributed by atoms with Crippen LogP contribution >= 0.6 is 24.0 Å². The summed E-state index contributed by atoms with van der Waals surface area (Å²) < 4.78 is 16.9. The van der Waals surface area contributed by atoms with Gasteiger partial charge in [-0.1, -0.05) is 6.07 Å². The summed E-state index contributed by atoms with van der Waals surface area (Å²) in [5.41, 5.74) is 1.10. The van der Waals surface area contributed by atoms with Gasteiger partial charge in [-0.05, 0) is 55.5 Å². The summed E-state index contributed by atoms with van der Waals surface area (Å²) in [5, 5.41) is 3.44. The van der Waals surface area contributed by atoms with Gasteiger partial charge < -0.3 is 29.0 Å². The number of ether oxygens (including phenoxy) is 2. The fourth-order valence-electron chi connectivity index (χ4n) is 4.30. The van der Waals surface area contributed by atoms with E-state index in [9.17, 15) is 4.79 Å². The molecule has 0 spiro atoms. The molecule has 4 rings (SSSR count). The number of aliphatic imine (C=N–C) groups is 1. The van der Waals surface area contributed by atoms with E-state index in [1.165, 1.54) is 19.1 Å². The number of amides is 1. The van der Waals surface area contributed by atoms with E-state index in [-0.39, 0.29) is 36.0 Å². The van der Waals surface area contributed by atoms with E-state index in [0.717, 1.165) is 35.9 Å². The van der Waals surface area contributed by atoms with Crippen LogP contribution in [-0.2, 0) is 6.54 Å². The van der Waals surface area contributed by atoms with E-state index in [1.807, 2.05) is 17.0 Å². The van der Waals surface area contributed by atoms with Gasteiger partial charge in [0, 0.05) is 39.8 Å². The Hall–Kier alpha value is -2.43. The number of piperazine rings is 1. The molecule has 0 atom stereocenters. The molecule has 1 aliphatic carbocycles. The monoisotopic (exact) mass is 568 g/mol. The summed E-state index contributed by atoms with van der Waals surface area (Å²) in [6.07, 6.45) is 6.47. The summed E-state index contributed by atoms with van der Waals surface area (Å²) in [5.74, 6) is 2.71. The van der Waals surface area contributed by atoms with Crippen molar-refractivity contribution in [2.24, 2.45) is 4.99 Å². The van der Waals surface area contributed by atoms with Crippen LogP contribution < -0.4 is 14.8 Å². The van der Waals surface area contributed by atoms with E-state index in [0.29, 0.717) is 38.5 Å². The van der Waals surface area contributed by atoms with Gasteiger partial charge in [0.05, 0.1) is 19.5 Å². The Labute approximate surface area is 212 Å². The Morgan fingerprint density at radius 1 is 1.12 bits per heavy atom. The lowest BCUT2D eigenvalue weighted by atomic mass is 10.2. The molecule has 1 aromatic heterocycles. The number of halogens is 1. The molecule has 2 heterocycles. The van der Waals surface area contributed by atoms with Crippen molar-refractivity contribution in [1.29, 1.82) is 0 Å². The molecule has 1 aromatic carbocycles. The van der Waals surface area contributed by atoms with Crippen molar-refractivity contribution < 1.29 is 18.7 Å². The second kappa shape index (κ2) is 12.2. The highest BCUT2D eigenvalue weighted by atomic mass is 127. The van der Waals surface area contributed by atoms with Crippen molar-refractivity contribution in [3.05, 3.63) is 47.9 Å². The maximum absolute atomic E-state index is 12.5. The summed E-state index contributed by atoms with van der Waals surface area (Å²) in [6.45, 7) is 3.31. The topological polar surface area (TPSA) is 79.5 Å². The zero-order valence-corrected chi connectivity index (χ0v) is 21.6. The van der Waals surface area contributed by atoms with Crippen LogP contribution in [-0.4, -0.2) is 68.1 Å². The van der Waals surface area contributed by atoms with Gasteiger partial charge in [0.2, 0.25) is 0 Å². The lowest BCUT2D eigenvalue weighted by Crippen LogP contribution is -2.53. The Morgan fingerprint density at radius 3 is 2.48 bits per heavy atom. The van der Waals surface area contributed by atoms with Crippen LogP contribution in [0.25, 0.3) is 0 Å². The number of rotatable bonds is 6. The molecule has 1 saturated carbocycles. The second-order valence-corrected chi connectivity index (χ2v) is 8.17. The van der Waals surface area contributed by atoms with E-state index in [2.05, 4.69) is 21.3 Å². The third-order valence-electron chi connectivity index (χ3n) is 6.08. The quantitative estimate of drug-likeness (QED) is 0.325. The predicted molar refractivity (Wildman–Crippen MR) is 138 cm³/mol. The lowest BCUT2D eigenvalue weighted by molar-refractivity contribution is 0.0657. The highest BCUT2D eigenvalue weighted by Gasteiger charge is 2.25. The van der Waals surface area contributed by atoms with Crippen LogP contribution in [0.2, 0.25) is 0 Å². The van der Waals surface area contributed by atoms with Gasteiger partial charge in [-0.15, -0.1) is 24.0 Å². The Bertz CT molecular complexity index is 921. The maximum Gasteiger partial charge on any atom is 0.289 e. The molecular formula is C24H33IN4O4. The molecule has 1 amide bonds. The molecule has 0 unspecified atom stereocenters. The number of nitrogens with one attached hydrogen (secondary N) is 1. The lowest BCUT2D eigenvalue weighted by Gasteiger charge is -2.36. The first-order valence-electron chi connectivity index (χ1n) is 11.3. The smallest absolute Gasteiger partial charge is 0.289 e. The Morgan fingerprint density at radius 2 is 1.85 bits per heavy atom. The molecule has 9 heteroatoms. The normalized spacial score (nSPS) is 17.0. The number of hydrogen-bond donors (Lipinski definition) is 1. The average Bonchev–Trinajstić information content (AvgIpc) is 3.54. The van der Waals surface area contributed by atoms with Crippen molar-refractivity contribution in [3.63, 3.8) is 0 Å². The van der Waals surface area contributed by atoms with Gasteiger partial charge >= 0.3 is 0 Å². The summed E-state index contributed by atoms with van der Waals surface area (Å²) in [4.78, 5) is 20.9. The molecule has 2 fully saturated rings. The maximum atomic E-state index is 12.5. The zero-order valence-electron chi connectivity index (χ0n) is 19.3. The van der Waals surface area contributed by atoms with Crippen LogP contribution in [0.4, 0.5) is 0 Å². The van der Waals surface area contributed by atoms with E-state index >= 15 is 0 Å². The molecule has 180 valence electrons. The minimum atomic E-state index is -0.0642. The fourth-order valence-corrected chi connectivity index (χ4v) is 4.30. The van der Waals surface area contributed by atoms with Crippen molar-refractivity contribution in [2.75, 3.05) is 40.3 Å². The minimum absolute atomic E-state index is 0. The third-order valence-corrected chi connectivity index (χ3v) is 6.08. The summed E-state index contributed by atoms with van der Waals surface area (Å²) in [7, 11) is 3.46. The largest absolute Gasteiger partial charge is 0.493 e. The van der Waals surface area contributed by atoms with Crippen LogP contribution in [0.1, 0.15) is 41.8 Å². The van der Waals surface area contributed by atoms with Crippen molar-refractivity contribution in [1.82, 2.24) is 15.1 Å². The zero-order chi connectivity index (χ0) is 22.3. The van der Waals surface area contributed by atoms with Gasteiger partial charge in [-0.3, -0.25) is 9.79 Å². The molecule has 1 saturated heterocycles. The van der Waals surface area contributed by atoms with Crippen LogP contribution in [0.5, 0.6) is 11.5 Å². The molecule has 2 aromatic rings. The third kappa shape index (κ3) is 6.33. The van der Waals surface area contributed by atoms with Crippen LogP contribution in [0.15, 0.2) is 46.0 Å². The standard InChI is InChI=1S/C24H32N4O4.HI/c1-25-24(28-13-11-27(12-14-28)23(29)21-8-5-15-31-21)26-17-18-9-10-20(30-2)22(16-18)32-19-6-3-4-7-19;/h5,8-10,15-16,19H,3-4,6-7,11-14,17H2,1-2H3,(H,25,26);1H. The first-order valence-corrected chi connectivity index (χ1v) is 11.3. The first-order chi connectivity index (χ1) is 15.7. The van der Waals surface area contributed by atoms with Crippen molar-refractivity contribution in [3.8, 4) is 11.5 Å². The van der Waals surface area contributed by atoms with Crippen molar-refractivity contribution in [2.45, 2.75) is 38.3 Å². The number of benzene rings is 1. The van der Waals surface area contributed by atoms with Crippen molar-refractivity contribution >= 4 is 35.8 Å². The van der Waals surface area contributed by atoms with E-state index < -0.39 is 0 Å². The minimum Gasteiger partial charge on any atom is -0.493 e. The number of furan rings is 1. The fraction of sp³-hybridized carbons (Fsp3) is 0.500. The second-order valence-electron chi connectivity index (χ2n) is 8.17. The van der Waals surface area contributed by atoms with Crippen LogP contribution in [0, 0.1) is 0 Å². The number of carbonyl (C=O) groups is 1. The van der Waals surface area contributed by atoms with Gasteiger partial charge in [0.15, 0.2) is 23.2 Å².